The summed E-state index contributed by atoms with van der Waals surface area (Å²) < 4.78 is 9.04. The van der Waals surface area contributed by atoms with E-state index in [2.05, 4.69) is 63.1 Å². The van der Waals surface area contributed by atoms with Crippen molar-refractivity contribution >= 4 is 17.6 Å². The van der Waals surface area contributed by atoms with E-state index in [0.717, 1.165) is 59.5 Å². The highest BCUT2D eigenvalue weighted by Crippen LogP contribution is 2.33. The van der Waals surface area contributed by atoms with Crippen LogP contribution in [0.15, 0.2) is 55.1 Å². The first-order valence-corrected chi connectivity index (χ1v) is 13.0. The van der Waals surface area contributed by atoms with Crippen LogP contribution in [-0.2, 0) is 16.1 Å². The Hall–Kier alpha value is -4.38. The maximum Gasteiger partial charge on any atom is 0.211 e. The predicted molar refractivity (Wildman–Crippen MR) is 148 cm³/mol. The third-order valence-corrected chi connectivity index (χ3v) is 6.64. The highest BCUT2D eigenvalue weighted by Gasteiger charge is 2.26. The lowest BCUT2D eigenvalue weighted by molar-refractivity contribution is -0.105. The quantitative estimate of drug-likeness (QED) is 0.283. The number of ether oxygens (including phenoxy) is 1. The fourth-order valence-electron chi connectivity index (χ4n) is 4.33. The van der Waals surface area contributed by atoms with Crippen molar-refractivity contribution in [2.75, 3.05) is 19.0 Å². The average Bonchev–Trinajstić information content (AvgIpc) is 3.30. The normalized spacial score (nSPS) is 13.6. The van der Waals surface area contributed by atoms with Crippen molar-refractivity contribution in [2.45, 2.75) is 46.2 Å². The molecule has 11 nitrogen and oxygen atoms in total. The molecule has 0 aliphatic heterocycles. The number of aromatic nitrogens is 8. The first-order chi connectivity index (χ1) is 18.9. The van der Waals surface area contributed by atoms with Crippen molar-refractivity contribution < 1.29 is 9.53 Å². The molecule has 4 heterocycles. The van der Waals surface area contributed by atoms with Gasteiger partial charge in [0.25, 0.3) is 0 Å². The van der Waals surface area contributed by atoms with Crippen LogP contribution in [0.25, 0.3) is 28.0 Å². The molecule has 1 atom stereocenters. The van der Waals surface area contributed by atoms with Gasteiger partial charge in [0.05, 0.1) is 30.6 Å². The molecule has 0 bridgehead atoms. The lowest BCUT2D eigenvalue weighted by Gasteiger charge is -2.09. The van der Waals surface area contributed by atoms with Gasteiger partial charge in [-0.25, -0.2) is 4.52 Å². The van der Waals surface area contributed by atoms with Crippen molar-refractivity contribution in [2.24, 2.45) is 5.92 Å². The minimum absolute atomic E-state index is 0.421. The molecule has 1 fully saturated rings. The number of tetrazole rings is 1. The van der Waals surface area contributed by atoms with E-state index in [-0.39, 0.29) is 0 Å². The van der Waals surface area contributed by atoms with E-state index in [9.17, 15) is 4.79 Å². The minimum atomic E-state index is 0.421. The average molecular weight is 528 g/mol. The molecule has 1 N–H and O–H groups in total. The van der Waals surface area contributed by atoms with Crippen molar-refractivity contribution in [3.05, 3.63) is 66.2 Å². The van der Waals surface area contributed by atoms with E-state index in [1.165, 1.54) is 5.56 Å². The first kappa shape index (κ1) is 26.2. The molecule has 0 radical (unpaired) electrons. The number of aryl methyl sites for hydroxylation is 2. The Morgan fingerprint density at radius 2 is 1.92 bits per heavy atom. The van der Waals surface area contributed by atoms with Crippen LogP contribution in [0.2, 0.25) is 0 Å². The molecule has 0 spiro atoms. The van der Waals surface area contributed by atoms with Crippen LogP contribution in [0.5, 0.6) is 0 Å². The Labute approximate surface area is 226 Å². The second-order valence-electron chi connectivity index (χ2n) is 10.0. The molecule has 1 aromatic carbocycles. The number of methoxy groups -OCH3 is 1. The fraction of sp³-hybridized carbons (Fsp3) is 0.357. The van der Waals surface area contributed by atoms with E-state index in [0.29, 0.717) is 24.2 Å². The van der Waals surface area contributed by atoms with E-state index in [4.69, 9.17) is 4.74 Å². The molecule has 5 aromatic rings. The van der Waals surface area contributed by atoms with Gasteiger partial charge in [0.2, 0.25) is 12.2 Å². The molecule has 1 unspecified atom stereocenters. The maximum absolute atomic E-state index is 10.5. The molecule has 4 aromatic heterocycles. The third-order valence-electron chi connectivity index (χ3n) is 6.64. The summed E-state index contributed by atoms with van der Waals surface area (Å²) in [5.74, 6) is 1.04. The summed E-state index contributed by atoms with van der Waals surface area (Å²) >= 11 is 0. The van der Waals surface area contributed by atoms with Gasteiger partial charge in [-0.15, -0.1) is 10.2 Å². The maximum atomic E-state index is 10.5. The van der Waals surface area contributed by atoms with Gasteiger partial charge in [-0.3, -0.25) is 9.48 Å². The van der Waals surface area contributed by atoms with Crippen molar-refractivity contribution in [3.8, 4) is 22.5 Å². The number of carbonyl (C=O) groups is 1. The van der Waals surface area contributed by atoms with Gasteiger partial charge >= 0.3 is 0 Å². The number of fused-ring (bicyclic) bond motifs is 1. The standard InChI is InChI=1S/C16H20N4O.C12H13N5O/c1-12(11-21-3)9-19-10-15(8-17-19)14-4-5-20-16(6-14)13(2)7-18-20;1-8-2-3-9(6-11(8)13-7-18)12-14-16-17(15-12)10-4-5-10/h4-8,10,12H,9,11H2,1-3H3;2-3,6-7,10H,4-5H2,1H3,(H,13,18). The second kappa shape index (κ2) is 11.6. The van der Waals surface area contributed by atoms with Crippen LogP contribution in [0.4, 0.5) is 5.69 Å². The number of pyridine rings is 1. The number of benzene rings is 1. The van der Waals surface area contributed by atoms with Gasteiger partial charge in [0.15, 0.2) is 0 Å². The van der Waals surface area contributed by atoms with Gasteiger partial charge in [0.1, 0.15) is 0 Å². The van der Waals surface area contributed by atoms with E-state index in [1.54, 1.807) is 11.9 Å². The topological polar surface area (TPSA) is 117 Å². The van der Waals surface area contributed by atoms with Crippen molar-refractivity contribution in [1.29, 1.82) is 0 Å². The van der Waals surface area contributed by atoms with Crippen LogP contribution in [0, 0.1) is 19.8 Å². The van der Waals surface area contributed by atoms with Crippen LogP contribution >= 0.6 is 0 Å². The summed E-state index contributed by atoms with van der Waals surface area (Å²) in [6, 6.07) is 10.4. The lowest BCUT2D eigenvalue weighted by Crippen LogP contribution is -2.12. The SMILES string of the molecule is COCC(C)Cn1cc(-c2ccn3ncc(C)c3c2)cn1.Cc1ccc(-c2nnn(C3CC3)n2)cc1NC=O. The number of nitrogens with one attached hydrogen (secondary N) is 1. The third kappa shape index (κ3) is 6.20. The molecular formula is C28H33N9O2. The molecule has 1 amide bonds. The number of nitrogens with zero attached hydrogens (tertiary/aromatic N) is 8. The van der Waals surface area contributed by atoms with Gasteiger partial charge in [-0.1, -0.05) is 19.1 Å². The number of rotatable bonds is 9. The Morgan fingerprint density at radius 1 is 1.08 bits per heavy atom. The van der Waals surface area contributed by atoms with Gasteiger partial charge in [-0.05, 0) is 72.7 Å². The minimum Gasteiger partial charge on any atom is -0.384 e. The number of carbonyl (C=O) groups excluding carboxylic acids is 1. The van der Waals surface area contributed by atoms with Crippen LogP contribution in [0.1, 0.15) is 36.9 Å². The summed E-state index contributed by atoms with van der Waals surface area (Å²) in [5.41, 5.74) is 7.23. The Balaban J connectivity index is 0.000000160. The smallest absolute Gasteiger partial charge is 0.211 e. The number of anilines is 1. The highest BCUT2D eigenvalue weighted by molar-refractivity contribution is 5.76. The molecule has 1 aliphatic carbocycles. The van der Waals surface area contributed by atoms with Gasteiger partial charge < -0.3 is 10.1 Å². The summed E-state index contributed by atoms with van der Waals surface area (Å²) in [5, 5.41) is 23.8. The van der Waals surface area contributed by atoms with Crippen LogP contribution in [-0.4, -0.2) is 59.7 Å². The fourth-order valence-corrected chi connectivity index (χ4v) is 4.33. The van der Waals surface area contributed by atoms with Gasteiger partial charge in [0, 0.05) is 42.9 Å². The zero-order valence-corrected chi connectivity index (χ0v) is 22.7. The molecule has 6 rings (SSSR count). The molecular weight excluding hydrogens is 494 g/mol. The number of hydrogen-bond acceptors (Lipinski definition) is 7. The Morgan fingerprint density at radius 3 is 2.69 bits per heavy atom. The molecule has 0 saturated heterocycles. The number of amides is 1. The van der Waals surface area contributed by atoms with Gasteiger partial charge in [-0.2, -0.15) is 15.0 Å². The Kier molecular flexibility index (Phi) is 7.78. The number of hydrogen-bond donors (Lipinski definition) is 1. The predicted octanol–water partition coefficient (Wildman–Crippen LogP) is 4.34. The highest BCUT2D eigenvalue weighted by atomic mass is 16.5. The first-order valence-electron chi connectivity index (χ1n) is 13.0. The van der Waals surface area contributed by atoms with Crippen molar-refractivity contribution in [3.63, 3.8) is 0 Å². The van der Waals surface area contributed by atoms with E-state index in [1.807, 2.05) is 52.9 Å². The summed E-state index contributed by atoms with van der Waals surface area (Å²) in [4.78, 5) is 12.2. The monoisotopic (exact) mass is 527 g/mol. The molecule has 1 aliphatic rings. The summed E-state index contributed by atoms with van der Waals surface area (Å²) in [7, 11) is 1.73. The molecule has 202 valence electrons. The molecule has 1 saturated carbocycles. The molecule has 11 heteroatoms. The molecule has 39 heavy (non-hydrogen) atoms. The summed E-state index contributed by atoms with van der Waals surface area (Å²) in [6.07, 6.45) is 10.8. The van der Waals surface area contributed by atoms with Crippen LogP contribution in [0.3, 0.4) is 0 Å². The van der Waals surface area contributed by atoms with Crippen LogP contribution < -0.4 is 5.32 Å². The second-order valence-corrected chi connectivity index (χ2v) is 10.0. The van der Waals surface area contributed by atoms with Crippen molar-refractivity contribution in [1.82, 2.24) is 39.6 Å². The zero-order chi connectivity index (χ0) is 27.4. The largest absolute Gasteiger partial charge is 0.384 e. The summed E-state index contributed by atoms with van der Waals surface area (Å²) in [6.45, 7) is 7.77. The lowest BCUT2D eigenvalue weighted by atomic mass is 10.1. The van der Waals surface area contributed by atoms with E-state index >= 15 is 0 Å². The zero-order valence-electron chi connectivity index (χ0n) is 22.7. The van der Waals surface area contributed by atoms with E-state index < -0.39 is 0 Å². The Bertz CT molecular complexity index is 1560.